The van der Waals surface area contributed by atoms with Gasteiger partial charge < -0.3 is 14.3 Å². The van der Waals surface area contributed by atoms with E-state index in [1.54, 1.807) is 31.3 Å². The number of fused-ring (bicyclic) bond motifs is 1. The molecule has 0 aliphatic heterocycles. The van der Waals surface area contributed by atoms with E-state index in [1.165, 1.54) is 29.0 Å². The highest BCUT2D eigenvalue weighted by Crippen LogP contribution is 2.21. The zero-order valence-corrected chi connectivity index (χ0v) is 16.0. The summed E-state index contributed by atoms with van der Waals surface area (Å²) < 4.78 is 20.1. The van der Waals surface area contributed by atoms with Crippen molar-refractivity contribution in [3.63, 3.8) is 0 Å². The van der Waals surface area contributed by atoms with E-state index in [0.29, 0.717) is 28.0 Å². The van der Waals surface area contributed by atoms with E-state index in [2.05, 4.69) is 10.3 Å². The highest BCUT2D eigenvalue weighted by Gasteiger charge is 2.15. The third kappa shape index (κ3) is 3.77. The van der Waals surface area contributed by atoms with Crippen molar-refractivity contribution in [1.82, 2.24) is 9.55 Å². The van der Waals surface area contributed by atoms with Crippen LogP contribution >= 0.6 is 11.6 Å². The van der Waals surface area contributed by atoms with E-state index >= 15 is 0 Å². The first kappa shape index (κ1) is 18.9. The summed E-state index contributed by atoms with van der Waals surface area (Å²) in [5.41, 5.74) is 1.25. The molecule has 0 aliphatic rings. The van der Waals surface area contributed by atoms with Crippen LogP contribution in [0.5, 0.6) is 0 Å². The van der Waals surface area contributed by atoms with E-state index in [4.69, 9.17) is 16.0 Å². The molecule has 0 saturated carbocycles. The van der Waals surface area contributed by atoms with Crippen molar-refractivity contribution in [3.8, 4) is 0 Å². The third-order valence-electron chi connectivity index (χ3n) is 4.47. The van der Waals surface area contributed by atoms with Gasteiger partial charge in [-0.05, 0) is 49.4 Å². The van der Waals surface area contributed by atoms with Gasteiger partial charge in [0.1, 0.15) is 11.6 Å². The predicted octanol–water partition coefficient (Wildman–Crippen LogP) is 4.39. The monoisotopic (exact) mass is 411 g/mol. The van der Waals surface area contributed by atoms with Gasteiger partial charge in [-0.25, -0.2) is 4.39 Å². The molecule has 0 aliphatic carbocycles. The van der Waals surface area contributed by atoms with Crippen LogP contribution in [0.3, 0.4) is 0 Å². The largest absolute Gasteiger partial charge is 0.467 e. The van der Waals surface area contributed by atoms with Crippen LogP contribution in [0.25, 0.3) is 10.9 Å². The van der Waals surface area contributed by atoms with E-state index < -0.39 is 11.7 Å². The number of halogens is 2. The lowest BCUT2D eigenvalue weighted by molar-refractivity contribution is 0.102. The fourth-order valence-electron chi connectivity index (χ4n) is 3.00. The fraction of sp³-hybridized carbons (Fsp3) is 0.0952. The summed E-state index contributed by atoms with van der Waals surface area (Å²) in [6, 6.07) is 10.6. The Kier molecular flexibility index (Phi) is 4.90. The molecule has 0 atom stereocenters. The number of nitrogens with zero attached hydrogens (tertiary/aromatic N) is 2. The topological polar surface area (TPSA) is 77.1 Å². The fourth-order valence-corrected chi connectivity index (χ4v) is 3.18. The maximum Gasteiger partial charge on any atom is 0.260 e. The van der Waals surface area contributed by atoms with Crippen LogP contribution in [-0.4, -0.2) is 15.5 Å². The number of hydrogen-bond acceptors (Lipinski definition) is 4. The highest BCUT2D eigenvalue weighted by molar-refractivity contribution is 6.31. The summed E-state index contributed by atoms with van der Waals surface area (Å²) in [7, 11) is 0. The van der Waals surface area contributed by atoms with Crippen molar-refractivity contribution in [2.45, 2.75) is 13.5 Å². The number of carbonyl (C=O) groups excluding carboxylic acids is 1. The normalized spacial score (nSPS) is 11.0. The minimum Gasteiger partial charge on any atom is -0.467 e. The minimum atomic E-state index is -0.578. The average Bonchev–Trinajstić information content (AvgIpc) is 3.20. The second-order valence-electron chi connectivity index (χ2n) is 6.47. The molecular formula is C21H15ClFN3O3. The smallest absolute Gasteiger partial charge is 0.260 e. The van der Waals surface area contributed by atoms with Crippen molar-refractivity contribution in [2.24, 2.45) is 0 Å². The molecule has 3 aromatic heterocycles. The summed E-state index contributed by atoms with van der Waals surface area (Å²) in [5, 5.41) is 2.86. The molecule has 1 N–H and O–H groups in total. The molecule has 29 heavy (non-hydrogen) atoms. The molecule has 0 fully saturated rings. The molecule has 6 nitrogen and oxygen atoms in total. The lowest BCUT2D eigenvalue weighted by atomic mass is 10.1. The lowest BCUT2D eigenvalue weighted by Gasteiger charge is -2.10. The van der Waals surface area contributed by atoms with Crippen LogP contribution in [-0.2, 0) is 6.54 Å². The maximum absolute atomic E-state index is 13.3. The molecule has 0 unspecified atom stereocenters. The number of amides is 1. The number of aryl methyl sites for hydroxylation is 1. The van der Waals surface area contributed by atoms with Crippen LogP contribution < -0.4 is 10.9 Å². The Balaban J connectivity index is 1.71. The summed E-state index contributed by atoms with van der Waals surface area (Å²) in [4.78, 5) is 30.0. The SMILES string of the molecule is Cc1nc2ccn(Cc3ccco3)c(=O)c2cc1C(=O)Nc1ccc(F)c(Cl)c1. The third-order valence-corrected chi connectivity index (χ3v) is 4.76. The van der Waals surface area contributed by atoms with Gasteiger partial charge in [0.05, 0.1) is 40.0 Å². The van der Waals surface area contributed by atoms with Crippen molar-refractivity contribution in [2.75, 3.05) is 5.32 Å². The summed E-state index contributed by atoms with van der Waals surface area (Å²) in [5.74, 6) is -0.414. The Hall–Kier alpha value is -3.45. The first-order chi connectivity index (χ1) is 13.9. The first-order valence-electron chi connectivity index (χ1n) is 8.72. The summed E-state index contributed by atoms with van der Waals surface area (Å²) in [6.07, 6.45) is 3.18. The number of carbonyl (C=O) groups is 1. The van der Waals surface area contributed by atoms with E-state index in [1.807, 2.05) is 0 Å². The standard InChI is InChI=1S/C21H15ClFN3O3/c1-12-15(20(27)25-13-4-5-18(23)17(22)9-13)10-16-19(24-12)6-7-26(21(16)28)11-14-3-2-8-29-14/h2-10H,11H2,1H3,(H,25,27). The Morgan fingerprint density at radius 1 is 1.28 bits per heavy atom. The van der Waals surface area contributed by atoms with Gasteiger partial charge in [-0.2, -0.15) is 0 Å². The van der Waals surface area contributed by atoms with Crippen molar-refractivity contribution in [1.29, 1.82) is 0 Å². The van der Waals surface area contributed by atoms with Gasteiger partial charge >= 0.3 is 0 Å². The molecular weight excluding hydrogens is 397 g/mol. The number of nitrogens with one attached hydrogen (secondary N) is 1. The van der Waals surface area contributed by atoms with Crippen molar-refractivity contribution >= 4 is 34.1 Å². The van der Waals surface area contributed by atoms with Crippen LogP contribution in [0.1, 0.15) is 21.8 Å². The van der Waals surface area contributed by atoms with Crippen LogP contribution in [0.15, 0.2) is 64.1 Å². The molecule has 3 heterocycles. The quantitative estimate of drug-likeness (QED) is 0.540. The second kappa shape index (κ2) is 7.52. The van der Waals surface area contributed by atoms with Crippen molar-refractivity contribution in [3.05, 3.63) is 93.1 Å². The first-order valence-corrected chi connectivity index (χ1v) is 9.10. The van der Waals surface area contributed by atoms with Gasteiger partial charge in [-0.1, -0.05) is 11.6 Å². The maximum atomic E-state index is 13.3. The lowest BCUT2D eigenvalue weighted by Crippen LogP contribution is -2.21. The van der Waals surface area contributed by atoms with Gasteiger partial charge in [0, 0.05) is 11.9 Å². The molecule has 1 aromatic carbocycles. The number of rotatable bonds is 4. The van der Waals surface area contributed by atoms with Crippen LogP contribution in [0, 0.1) is 12.7 Å². The number of hydrogen-bond donors (Lipinski definition) is 1. The average molecular weight is 412 g/mol. The molecule has 0 radical (unpaired) electrons. The number of anilines is 1. The number of pyridine rings is 2. The highest BCUT2D eigenvalue weighted by atomic mass is 35.5. The molecule has 4 aromatic rings. The Bertz CT molecular complexity index is 1280. The molecule has 1 amide bonds. The Morgan fingerprint density at radius 3 is 2.83 bits per heavy atom. The van der Waals surface area contributed by atoms with E-state index in [0.717, 1.165) is 6.07 Å². The van der Waals surface area contributed by atoms with E-state index in [-0.39, 0.29) is 22.7 Å². The number of aromatic nitrogens is 2. The van der Waals surface area contributed by atoms with Gasteiger partial charge in [-0.15, -0.1) is 0 Å². The van der Waals surface area contributed by atoms with Gasteiger partial charge in [0.2, 0.25) is 0 Å². The molecule has 4 rings (SSSR count). The predicted molar refractivity (Wildman–Crippen MR) is 108 cm³/mol. The van der Waals surface area contributed by atoms with Gasteiger partial charge in [-0.3, -0.25) is 14.6 Å². The van der Waals surface area contributed by atoms with Gasteiger partial charge in [0.15, 0.2) is 0 Å². The Morgan fingerprint density at radius 2 is 2.10 bits per heavy atom. The Labute approximate surface area is 169 Å². The molecule has 146 valence electrons. The van der Waals surface area contributed by atoms with Crippen LogP contribution in [0.4, 0.5) is 10.1 Å². The zero-order valence-electron chi connectivity index (χ0n) is 15.3. The zero-order chi connectivity index (χ0) is 20.5. The van der Waals surface area contributed by atoms with Gasteiger partial charge in [0.25, 0.3) is 11.5 Å². The second-order valence-corrected chi connectivity index (χ2v) is 6.87. The summed E-state index contributed by atoms with van der Waals surface area (Å²) >= 11 is 5.76. The molecule has 0 saturated heterocycles. The van der Waals surface area contributed by atoms with E-state index in [9.17, 15) is 14.0 Å². The number of benzene rings is 1. The number of furan rings is 1. The minimum absolute atomic E-state index is 0.100. The molecule has 0 bridgehead atoms. The summed E-state index contributed by atoms with van der Waals surface area (Å²) in [6.45, 7) is 1.95. The molecule has 8 heteroatoms. The van der Waals surface area contributed by atoms with Crippen molar-refractivity contribution < 1.29 is 13.6 Å². The van der Waals surface area contributed by atoms with Crippen LogP contribution in [0.2, 0.25) is 5.02 Å². The molecule has 0 spiro atoms.